The van der Waals surface area contributed by atoms with Crippen LogP contribution in [0.2, 0.25) is 0 Å². The third kappa shape index (κ3) is 4.76. The van der Waals surface area contributed by atoms with Crippen molar-refractivity contribution in [1.82, 2.24) is 29.9 Å². The van der Waals surface area contributed by atoms with Crippen molar-refractivity contribution < 1.29 is 0 Å². The van der Waals surface area contributed by atoms with E-state index in [0.29, 0.717) is 0 Å². The molecule has 1 N–H and O–H groups in total. The predicted octanol–water partition coefficient (Wildman–Crippen LogP) is 3.16. The molecule has 1 unspecified atom stereocenters. The third-order valence-corrected chi connectivity index (χ3v) is 4.31. The number of nitrogens with one attached hydrogen (secondary N) is 1. The van der Waals surface area contributed by atoms with Gasteiger partial charge in [0.05, 0.1) is 17.9 Å². The van der Waals surface area contributed by atoms with Crippen LogP contribution in [0.4, 0.5) is 0 Å². The van der Waals surface area contributed by atoms with Gasteiger partial charge >= 0.3 is 0 Å². The van der Waals surface area contributed by atoms with E-state index in [-0.39, 0.29) is 6.04 Å². The van der Waals surface area contributed by atoms with Crippen LogP contribution in [0, 0.1) is 0 Å². The van der Waals surface area contributed by atoms with Gasteiger partial charge in [-0.2, -0.15) is 10.2 Å². The van der Waals surface area contributed by atoms with Crippen molar-refractivity contribution in [3.63, 3.8) is 0 Å². The molecule has 0 amide bonds. The van der Waals surface area contributed by atoms with E-state index in [1.807, 2.05) is 15.6 Å². The van der Waals surface area contributed by atoms with E-state index >= 15 is 0 Å². The Bertz CT molecular complexity index is 745. The molecule has 1 aromatic carbocycles. The Morgan fingerprint density at radius 1 is 1.12 bits per heavy atom. The van der Waals surface area contributed by atoms with Gasteiger partial charge in [0.15, 0.2) is 0 Å². The number of benzene rings is 1. The van der Waals surface area contributed by atoms with Crippen LogP contribution < -0.4 is 5.32 Å². The Balaban J connectivity index is 1.51. The molecule has 0 aliphatic carbocycles. The highest BCUT2D eigenvalue weighted by atomic mass is 15.3. The zero-order chi connectivity index (χ0) is 17.5. The molecule has 0 aliphatic rings. The zero-order valence-electron chi connectivity index (χ0n) is 15.0. The second kappa shape index (κ2) is 8.58. The lowest BCUT2D eigenvalue weighted by molar-refractivity contribution is 0.452. The molecule has 0 saturated heterocycles. The van der Waals surface area contributed by atoms with Crippen LogP contribution in [0.25, 0.3) is 5.69 Å². The Morgan fingerprint density at radius 2 is 1.96 bits per heavy atom. The molecule has 3 rings (SSSR count). The first-order valence-corrected chi connectivity index (χ1v) is 8.94. The fraction of sp³-hybridized carbons (Fsp3) is 0.421. The molecule has 0 aliphatic heterocycles. The van der Waals surface area contributed by atoms with Crippen molar-refractivity contribution in [2.75, 3.05) is 6.54 Å². The first-order valence-electron chi connectivity index (χ1n) is 8.94. The maximum Gasteiger partial charge on any atom is 0.137 e. The van der Waals surface area contributed by atoms with Crippen LogP contribution in [0.15, 0.2) is 49.3 Å². The highest BCUT2D eigenvalue weighted by molar-refractivity contribution is 5.34. The van der Waals surface area contributed by atoms with E-state index < -0.39 is 0 Å². The van der Waals surface area contributed by atoms with Gasteiger partial charge in [-0.05, 0) is 37.5 Å². The van der Waals surface area contributed by atoms with Crippen molar-refractivity contribution in [3.05, 3.63) is 60.4 Å². The molecule has 3 aromatic rings. The van der Waals surface area contributed by atoms with Crippen LogP contribution in [0.5, 0.6) is 0 Å². The van der Waals surface area contributed by atoms with Gasteiger partial charge < -0.3 is 5.32 Å². The van der Waals surface area contributed by atoms with Crippen LogP contribution in [-0.4, -0.2) is 31.1 Å². The first kappa shape index (κ1) is 17.4. The number of aryl methyl sites for hydroxylation is 1. The van der Waals surface area contributed by atoms with Crippen LogP contribution in [0.1, 0.15) is 43.9 Å². The lowest BCUT2D eigenvalue weighted by atomic mass is 10.1. The molecule has 25 heavy (non-hydrogen) atoms. The summed E-state index contributed by atoms with van der Waals surface area (Å²) in [5.74, 6) is 0. The summed E-state index contributed by atoms with van der Waals surface area (Å²) in [5.41, 5.74) is 3.66. The third-order valence-electron chi connectivity index (χ3n) is 4.31. The molecule has 0 spiro atoms. The average molecular weight is 338 g/mol. The Hall–Kier alpha value is -2.47. The molecule has 2 heterocycles. The van der Waals surface area contributed by atoms with Crippen molar-refractivity contribution in [2.24, 2.45) is 0 Å². The minimum absolute atomic E-state index is 0.271. The number of nitrogens with zero attached hydrogens (tertiary/aromatic N) is 5. The number of rotatable bonds is 9. The summed E-state index contributed by atoms with van der Waals surface area (Å²) < 4.78 is 3.79. The topological polar surface area (TPSA) is 60.6 Å². The Morgan fingerprint density at radius 3 is 2.68 bits per heavy atom. The lowest BCUT2D eigenvalue weighted by Crippen LogP contribution is -2.23. The molecule has 2 aromatic heterocycles. The monoisotopic (exact) mass is 338 g/mol. The van der Waals surface area contributed by atoms with Crippen molar-refractivity contribution >= 4 is 0 Å². The summed E-state index contributed by atoms with van der Waals surface area (Å²) in [6.07, 6.45) is 10.9. The maximum atomic E-state index is 4.48. The van der Waals surface area contributed by atoms with Gasteiger partial charge in [0, 0.05) is 24.8 Å². The molecular weight excluding hydrogens is 312 g/mol. The normalized spacial score (nSPS) is 12.4. The van der Waals surface area contributed by atoms with E-state index in [1.54, 1.807) is 12.7 Å². The van der Waals surface area contributed by atoms with E-state index in [2.05, 4.69) is 64.8 Å². The molecule has 6 heteroatoms. The fourth-order valence-corrected chi connectivity index (χ4v) is 2.75. The Labute approximate surface area is 148 Å². The zero-order valence-corrected chi connectivity index (χ0v) is 15.0. The number of hydrogen-bond acceptors (Lipinski definition) is 4. The van der Waals surface area contributed by atoms with E-state index in [9.17, 15) is 0 Å². The van der Waals surface area contributed by atoms with Gasteiger partial charge in [-0.25, -0.2) is 14.3 Å². The SMILES string of the molecule is CCCCc1ccc(-n2cc(CNCC(C)n3cncn3)cn2)cc1. The van der Waals surface area contributed by atoms with Gasteiger partial charge in [0.25, 0.3) is 0 Å². The van der Waals surface area contributed by atoms with Crippen LogP contribution in [-0.2, 0) is 13.0 Å². The maximum absolute atomic E-state index is 4.48. The number of hydrogen-bond donors (Lipinski definition) is 1. The van der Waals surface area contributed by atoms with Gasteiger partial charge in [-0.3, -0.25) is 0 Å². The summed E-state index contributed by atoms with van der Waals surface area (Å²) in [6, 6.07) is 8.95. The highest BCUT2D eigenvalue weighted by Crippen LogP contribution is 2.12. The Kier molecular flexibility index (Phi) is 5.95. The summed E-state index contributed by atoms with van der Waals surface area (Å²) in [7, 11) is 0. The molecular formula is C19H26N6. The van der Waals surface area contributed by atoms with E-state index in [0.717, 1.165) is 25.2 Å². The molecule has 1 atom stereocenters. The molecule has 132 valence electrons. The summed E-state index contributed by atoms with van der Waals surface area (Å²) in [6.45, 7) is 5.96. The van der Waals surface area contributed by atoms with Gasteiger partial charge in [0.2, 0.25) is 0 Å². The predicted molar refractivity (Wildman–Crippen MR) is 98.6 cm³/mol. The molecule has 0 radical (unpaired) electrons. The molecule has 6 nitrogen and oxygen atoms in total. The highest BCUT2D eigenvalue weighted by Gasteiger charge is 2.06. The minimum atomic E-state index is 0.271. The van der Waals surface area contributed by atoms with Crippen molar-refractivity contribution in [3.8, 4) is 5.69 Å². The number of aromatic nitrogens is 5. The summed E-state index contributed by atoms with van der Waals surface area (Å²) in [5, 5.41) is 12.1. The smallest absolute Gasteiger partial charge is 0.137 e. The van der Waals surface area contributed by atoms with Crippen molar-refractivity contribution in [1.29, 1.82) is 0 Å². The van der Waals surface area contributed by atoms with E-state index in [4.69, 9.17) is 0 Å². The second-order valence-corrected chi connectivity index (χ2v) is 6.42. The largest absolute Gasteiger partial charge is 0.310 e. The van der Waals surface area contributed by atoms with Crippen molar-refractivity contribution in [2.45, 2.75) is 45.7 Å². The summed E-state index contributed by atoms with van der Waals surface area (Å²) in [4.78, 5) is 3.98. The molecule has 0 bridgehead atoms. The standard InChI is InChI=1S/C19H26N6/c1-3-4-5-17-6-8-19(9-7-17)24-13-18(12-22-24)11-20-10-16(2)25-15-21-14-23-25/h6-9,12-16,20H,3-5,10-11H2,1-2H3. The quantitative estimate of drug-likeness (QED) is 0.651. The second-order valence-electron chi connectivity index (χ2n) is 6.42. The lowest BCUT2D eigenvalue weighted by Gasteiger charge is -2.11. The van der Waals surface area contributed by atoms with E-state index in [1.165, 1.54) is 24.0 Å². The van der Waals surface area contributed by atoms with Crippen LogP contribution >= 0.6 is 0 Å². The van der Waals surface area contributed by atoms with Gasteiger partial charge in [0.1, 0.15) is 12.7 Å². The summed E-state index contributed by atoms with van der Waals surface area (Å²) >= 11 is 0. The first-order chi connectivity index (χ1) is 12.3. The van der Waals surface area contributed by atoms with Gasteiger partial charge in [-0.1, -0.05) is 25.5 Å². The van der Waals surface area contributed by atoms with Gasteiger partial charge in [-0.15, -0.1) is 0 Å². The van der Waals surface area contributed by atoms with Crippen LogP contribution in [0.3, 0.4) is 0 Å². The minimum Gasteiger partial charge on any atom is -0.310 e. The average Bonchev–Trinajstić information content (AvgIpc) is 3.32. The molecule has 0 fully saturated rings. The molecule has 0 saturated carbocycles. The fourth-order valence-electron chi connectivity index (χ4n) is 2.75. The number of unbranched alkanes of at least 4 members (excludes halogenated alkanes) is 1.